The van der Waals surface area contributed by atoms with Crippen molar-refractivity contribution in [3.8, 4) is 28.7 Å². The van der Waals surface area contributed by atoms with Gasteiger partial charge in [0.05, 0.1) is 42.2 Å². The van der Waals surface area contributed by atoms with Crippen LogP contribution in [-0.2, 0) is 9.47 Å². The average molecular weight is 962 g/mol. The molecule has 2 spiro atoms. The molecule has 2 fully saturated rings. The number of amides is 2. The number of rotatable bonds is 2. The second-order valence-corrected chi connectivity index (χ2v) is 19.7. The lowest BCUT2D eigenvalue weighted by atomic mass is 9.80. The van der Waals surface area contributed by atoms with Crippen LogP contribution in [0.5, 0.6) is 11.5 Å². The van der Waals surface area contributed by atoms with Gasteiger partial charge in [0.25, 0.3) is 0 Å². The summed E-state index contributed by atoms with van der Waals surface area (Å²) in [4.78, 5) is 56.6. The third kappa shape index (κ3) is 12.6. The van der Waals surface area contributed by atoms with Gasteiger partial charge in [-0.05, 0) is 101 Å². The van der Waals surface area contributed by atoms with Crippen LogP contribution in [-0.4, -0.2) is 99.3 Å². The molecule has 4 aliphatic heterocycles. The number of hydrogen-bond donors (Lipinski definition) is 2. The van der Waals surface area contributed by atoms with E-state index < -0.39 is 29.5 Å². The summed E-state index contributed by atoms with van der Waals surface area (Å²) in [5, 5.41) is 26.5. The predicted molar refractivity (Wildman–Crippen MR) is 252 cm³/mol. The zero-order valence-corrected chi connectivity index (χ0v) is 39.6. The number of fused-ring (bicyclic) bond motifs is 2. The summed E-state index contributed by atoms with van der Waals surface area (Å²) < 4.78 is 24.3. The van der Waals surface area contributed by atoms with Gasteiger partial charge in [-0.25, -0.2) is 14.4 Å². The molecule has 2 saturated heterocycles. The summed E-state index contributed by atoms with van der Waals surface area (Å²) >= 11 is 3.39. The van der Waals surface area contributed by atoms with Gasteiger partial charge in [-0.3, -0.25) is 9.59 Å². The Hall–Kier alpha value is -6.20. The molecule has 8 rings (SSSR count). The van der Waals surface area contributed by atoms with Crippen LogP contribution in [0.1, 0.15) is 106 Å². The van der Waals surface area contributed by atoms with E-state index in [0.29, 0.717) is 104 Å². The fourth-order valence-corrected chi connectivity index (χ4v) is 8.43. The van der Waals surface area contributed by atoms with Crippen molar-refractivity contribution in [2.24, 2.45) is 0 Å². The molecule has 0 unspecified atom stereocenters. The summed E-state index contributed by atoms with van der Waals surface area (Å²) in [6.45, 7) is 19.8. The zero-order chi connectivity index (χ0) is 48.0. The van der Waals surface area contributed by atoms with Crippen LogP contribution < -0.4 is 14.9 Å². The Labute approximate surface area is 394 Å². The number of nitrogens with zero attached hydrogens (tertiary/aromatic N) is 4. The van der Waals surface area contributed by atoms with Gasteiger partial charge in [0.2, 0.25) is 0 Å². The lowest BCUT2D eigenvalue weighted by Gasteiger charge is -2.44. The highest BCUT2D eigenvalue weighted by Gasteiger charge is 2.46. The molecule has 4 aromatic carbocycles. The molecule has 0 atom stereocenters. The number of likely N-dealkylation sites (tertiary alicyclic amines) is 2. The normalized spacial score (nSPS) is 16.8. The predicted octanol–water partition coefficient (Wildman–Crippen LogP) is 9.06. The zero-order valence-electron chi connectivity index (χ0n) is 38.1. The van der Waals surface area contributed by atoms with Crippen LogP contribution in [0.3, 0.4) is 0 Å². The maximum absolute atomic E-state index is 13.0. The fraction of sp³-hybridized carbons (Fsp3) is 0.400. The van der Waals surface area contributed by atoms with Crippen LogP contribution >= 0.6 is 15.9 Å². The van der Waals surface area contributed by atoms with E-state index in [1.54, 1.807) is 40.1 Å². The Balaban J connectivity index is 0.000000182. The molecule has 14 nitrogen and oxygen atoms in total. The molecule has 0 saturated carbocycles. The minimum absolute atomic E-state index is 0.0465. The average Bonchev–Trinajstić information content (AvgIpc) is 3.26. The van der Waals surface area contributed by atoms with Crippen molar-refractivity contribution < 1.29 is 48.2 Å². The van der Waals surface area contributed by atoms with E-state index in [-0.39, 0.29) is 23.8 Å². The Morgan fingerprint density at radius 3 is 1.70 bits per heavy atom. The summed E-state index contributed by atoms with van der Waals surface area (Å²) in [5.41, 5.74) is 2.18. The van der Waals surface area contributed by atoms with Gasteiger partial charge in [0.15, 0.2) is 17.3 Å². The highest BCUT2D eigenvalue weighted by molar-refractivity contribution is 9.10. The van der Waals surface area contributed by atoms with Crippen molar-refractivity contribution in [1.29, 1.82) is 5.26 Å². The molecule has 4 heterocycles. The first-order chi connectivity index (χ1) is 31.1. The summed E-state index contributed by atoms with van der Waals surface area (Å²) in [6.07, 6.45) is 2.47. The molecular formula is C50H54BBrN4O10. The standard InChI is InChI=1S/C25H26N2O4.C18H22BrNO4.C7H6BNO2/c1-24(2,3)31-23(29)27-11-9-25(10-12-27)15-21(28)20-14-19(7-8-22(20)30-25)18-6-4-5-17(13-18)16-26;1-17(2,3)24-16(22)20-8-6-18(7-9-20)11-14(21)13-10-12(19)4-5-15(13)23-18;1-9-7-4-2-3-6(5-7)8(10)11/h4-8,13-14H,9-12,15H2,1-3H3;4-5,10H,6-9,11H2,1-3H3;2-5,10-11H. The van der Waals surface area contributed by atoms with Crippen molar-refractivity contribution in [3.63, 3.8) is 0 Å². The van der Waals surface area contributed by atoms with Crippen LogP contribution in [0.15, 0.2) is 89.4 Å². The maximum atomic E-state index is 13.0. The van der Waals surface area contributed by atoms with Gasteiger partial charge >= 0.3 is 19.3 Å². The molecule has 2 amide bonds. The second-order valence-electron chi connectivity index (χ2n) is 18.8. The number of Topliss-reactive ketones (excluding diaryl/α,β-unsaturated/α-hetero) is 2. The molecule has 4 aromatic rings. The monoisotopic (exact) mass is 960 g/mol. The van der Waals surface area contributed by atoms with Crippen LogP contribution in [0.4, 0.5) is 15.3 Å². The van der Waals surface area contributed by atoms with Crippen molar-refractivity contribution in [2.45, 2.75) is 102 Å². The molecule has 4 aliphatic rings. The summed E-state index contributed by atoms with van der Waals surface area (Å²) in [6, 6.07) is 26.8. The highest BCUT2D eigenvalue weighted by Crippen LogP contribution is 2.42. The van der Waals surface area contributed by atoms with Gasteiger partial charge in [-0.1, -0.05) is 58.4 Å². The van der Waals surface area contributed by atoms with E-state index in [2.05, 4.69) is 26.8 Å². The summed E-state index contributed by atoms with van der Waals surface area (Å²) in [7, 11) is -1.49. The lowest BCUT2D eigenvalue weighted by molar-refractivity contribution is -0.0240. The molecular weight excluding hydrogens is 907 g/mol. The van der Waals surface area contributed by atoms with Gasteiger partial charge in [0.1, 0.15) is 33.9 Å². The van der Waals surface area contributed by atoms with E-state index in [4.69, 9.17) is 40.8 Å². The Kier molecular flexibility index (Phi) is 15.0. The number of hydrogen-bond acceptors (Lipinski definition) is 11. The Morgan fingerprint density at radius 2 is 1.21 bits per heavy atom. The second kappa shape index (κ2) is 20.1. The van der Waals surface area contributed by atoms with E-state index in [0.717, 1.165) is 15.6 Å². The minimum atomic E-state index is -1.49. The molecule has 344 valence electrons. The van der Waals surface area contributed by atoms with Gasteiger partial charge in [-0.2, -0.15) is 5.26 Å². The lowest BCUT2D eigenvalue weighted by Crippen LogP contribution is -2.52. The molecule has 0 aliphatic carbocycles. The molecule has 0 radical (unpaired) electrons. The van der Waals surface area contributed by atoms with Crippen molar-refractivity contribution in [2.75, 3.05) is 26.2 Å². The molecule has 66 heavy (non-hydrogen) atoms. The van der Waals surface area contributed by atoms with Gasteiger partial charge in [-0.15, -0.1) is 0 Å². The highest BCUT2D eigenvalue weighted by atomic mass is 79.9. The van der Waals surface area contributed by atoms with Crippen molar-refractivity contribution >= 4 is 58.0 Å². The number of halogens is 1. The van der Waals surface area contributed by atoms with E-state index in [1.807, 2.05) is 90.1 Å². The van der Waals surface area contributed by atoms with E-state index in [9.17, 15) is 19.2 Å². The molecule has 16 heteroatoms. The Morgan fingerprint density at radius 1 is 0.727 bits per heavy atom. The molecule has 0 bridgehead atoms. The third-order valence-electron chi connectivity index (χ3n) is 11.4. The van der Waals surface area contributed by atoms with Crippen LogP contribution in [0.2, 0.25) is 0 Å². The SMILES string of the molecule is CC(C)(C)OC(=O)N1CCC2(CC1)CC(=O)c1cc(-c3cccc(C#N)c3)ccc1O2.CC(C)(C)OC(=O)N1CCC2(CC1)CC(=O)c1cc(Br)ccc1O2.[C-]#[N+]c1cccc(B(O)O)c1. The first kappa shape index (κ1) is 49.2. The van der Waals surface area contributed by atoms with E-state index in [1.165, 1.54) is 6.07 Å². The number of ether oxygens (including phenoxy) is 4. The van der Waals surface area contributed by atoms with Crippen molar-refractivity contribution in [1.82, 2.24) is 9.80 Å². The number of benzene rings is 4. The molecule has 2 N–H and O–H groups in total. The van der Waals surface area contributed by atoms with Crippen LogP contribution in [0.25, 0.3) is 16.0 Å². The molecule has 0 aromatic heterocycles. The topological polar surface area (TPSA) is 180 Å². The number of piperidine rings is 2. The smallest absolute Gasteiger partial charge is 0.486 e. The number of ketones is 2. The van der Waals surface area contributed by atoms with E-state index >= 15 is 0 Å². The quantitative estimate of drug-likeness (QED) is 0.145. The third-order valence-corrected chi connectivity index (χ3v) is 11.9. The largest absolute Gasteiger partial charge is 0.487 e. The van der Waals surface area contributed by atoms with Crippen molar-refractivity contribution in [3.05, 3.63) is 118 Å². The van der Waals surface area contributed by atoms with Gasteiger partial charge < -0.3 is 38.8 Å². The summed E-state index contributed by atoms with van der Waals surface area (Å²) in [5.74, 6) is 1.37. The number of carbonyl (C=O) groups is 4. The first-order valence-corrected chi connectivity index (χ1v) is 22.6. The Bertz CT molecular complexity index is 2560. The minimum Gasteiger partial charge on any atom is -0.486 e. The maximum Gasteiger partial charge on any atom is 0.487 e. The first-order valence-electron chi connectivity index (χ1n) is 21.8. The van der Waals surface area contributed by atoms with Crippen LogP contribution in [0, 0.1) is 17.9 Å². The number of carbonyl (C=O) groups excluding carboxylic acids is 4. The van der Waals surface area contributed by atoms with Gasteiger partial charge in [0, 0.05) is 56.3 Å². The fourth-order valence-electron chi connectivity index (χ4n) is 8.07. The number of nitriles is 1.